The van der Waals surface area contributed by atoms with Crippen LogP contribution in [-0.4, -0.2) is 133 Å². The van der Waals surface area contributed by atoms with Crippen molar-refractivity contribution in [2.45, 2.75) is 120 Å². The molecule has 24 heteroatoms. The Kier molecular flexibility index (Phi) is 26.8. The molecule has 0 aromatic rings. The van der Waals surface area contributed by atoms with Gasteiger partial charge in [0.1, 0.15) is 36.3 Å². The topological polar surface area (TPSA) is 419 Å². The first-order valence-electron chi connectivity index (χ1n) is 18.8. The van der Waals surface area contributed by atoms with Gasteiger partial charge in [0.25, 0.3) is 0 Å². The lowest BCUT2D eigenvalue weighted by Gasteiger charge is -2.27. The first-order chi connectivity index (χ1) is 26.9. The van der Waals surface area contributed by atoms with Crippen molar-refractivity contribution < 1.29 is 38.7 Å². The second kappa shape index (κ2) is 29.3. The summed E-state index contributed by atoms with van der Waals surface area (Å²) in [5, 5.41) is 24.6. The number of thiol groups is 1. The van der Waals surface area contributed by atoms with E-state index in [0.717, 1.165) is 0 Å². The first kappa shape index (κ1) is 52.1. The van der Waals surface area contributed by atoms with Crippen LogP contribution >= 0.6 is 12.6 Å². The van der Waals surface area contributed by atoms with E-state index in [4.69, 9.17) is 40.1 Å². The molecule has 0 aliphatic heterocycles. The lowest BCUT2D eigenvalue weighted by molar-refractivity contribution is -0.141. The van der Waals surface area contributed by atoms with E-state index in [1.807, 2.05) is 0 Å². The Morgan fingerprint density at radius 2 is 0.842 bits per heavy atom. The Morgan fingerprint density at radius 1 is 0.526 bits per heavy atom. The largest absolute Gasteiger partial charge is 0.480 e. The maximum atomic E-state index is 13.9. The summed E-state index contributed by atoms with van der Waals surface area (Å²) in [4.78, 5) is 99.1. The number of amides is 6. The van der Waals surface area contributed by atoms with Gasteiger partial charge in [0.2, 0.25) is 35.4 Å². The number of guanidine groups is 2. The third-order valence-electron chi connectivity index (χ3n) is 8.27. The molecular weight excluding hydrogens is 767 g/mol. The van der Waals surface area contributed by atoms with E-state index < -0.39 is 83.7 Å². The van der Waals surface area contributed by atoms with Gasteiger partial charge in [0, 0.05) is 18.8 Å². The Balaban J connectivity index is 6.36. The fraction of sp³-hybridized carbons (Fsp3) is 0.727. The van der Waals surface area contributed by atoms with Gasteiger partial charge >= 0.3 is 5.97 Å². The highest BCUT2D eigenvalue weighted by Crippen LogP contribution is 2.09. The summed E-state index contributed by atoms with van der Waals surface area (Å²) in [6.45, 7) is 3.55. The van der Waals surface area contributed by atoms with Gasteiger partial charge in [-0.2, -0.15) is 12.6 Å². The lowest BCUT2D eigenvalue weighted by Crippen LogP contribution is -2.60. The third-order valence-corrected chi connectivity index (χ3v) is 8.64. The second-order valence-electron chi connectivity index (χ2n) is 13.3. The molecule has 0 heterocycles. The zero-order valence-electron chi connectivity index (χ0n) is 32.8. The predicted octanol–water partition coefficient (Wildman–Crippen LogP) is -5.36. The predicted molar refractivity (Wildman–Crippen MR) is 218 cm³/mol. The quantitative estimate of drug-likeness (QED) is 0.0139. The number of hydrogen-bond donors (Lipinski definition) is 15. The van der Waals surface area contributed by atoms with Gasteiger partial charge < -0.3 is 77.1 Å². The van der Waals surface area contributed by atoms with Gasteiger partial charge in [-0.25, -0.2) is 0 Å². The Hall–Kier alpha value is -4.94. The van der Waals surface area contributed by atoms with Crippen molar-refractivity contribution in [1.29, 1.82) is 0 Å². The minimum absolute atomic E-state index is 0.00722. The zero-order valence-corrected chi connectivity index (χ0v) is 33.7. The van der Waals surface area contributed by atoms with Crippen LogP contribution in [0.15, 0.2) is 9.98 Å². The summed E-state index contributed by atoms with van der Waals surface area (Å²) in [6.07, 6.45) is 2.63. The number of carboxylic acid groups (broad SMARTS) is 1. The minimum Gasteiger partial charge on any atom is -0.480 e. The van der Waals surface area contributed by atoms with Crippen LogP contribution < -0.4 is 72.0 Å². The average molecular weight is 832 g/mol. The number of nitrogens with one attached hydrogen (secondary N) is 6. The van der Waals surface area contributed by atoms with E-state index in [0.29, 0.717) is 32.2 Å². The monoisotopic (exact) mass is 831 g/mol. The molecule has 326 valence electrons. The molecule has 0 unspecified atom stereocenters. The van der Waals surface area contributed by atoms with Gasteiger partial charge in [0.05, 0.1) is 6.04 Å². The third kappa shape index (κ3) is 23.0. The van der Waals surface area contributed by atoms with Crippen molar-refractivity contribution in [3.05, 3.63) is 0 Å². The molecule has 57 heavy (non-hydrogen) atoms. The molecule has 0 fully saturated rings. The summed E-state index contributed by atoms with van der Waals surface area (Å²) >= 11 is 4.23. The molecule has 0 aromatic heterocycles. The normalized spacial score (nSPS) is 14.5. The summed E-state index contributed by atoms with van der Waals surface area (Å²) in [7, 11) is 0. The van der Waals surface area contributed by atoms with Crippen molar-refractivity contribution in [2.75, 3.05) is 31.9 Å². The van der Waals surface area contributed by atoms with Crippen molar-refractivity contribution in [3.63, 3.8) is 0 Å². The lowest BCUT2D eigenvalue weighted by atomic mass is 10.0. The average Bonchev–Trinajstić information content (AvgIpc) is 3.14. The van der Waals surface area contributed by atoms with Gasteiger partial charge in [-0.3, -0.25) is 43.5 Å². The molecule has 0 saturated heterocycles. The number of aliphatic carboxylic acids is 1. The fourth-order valence-electron chi connectivity index (χ4n) is 5.03. The maximum absolute atomic E-state index is 13.9. The molecule has 23 nitrogen and oxygen atoms in total. The van der Waals surface area contributed by atoms with E-state index >= 15 is 0 Å². The van der Waals surface area contributed by atoms with Crippen LogP contribution in [0.2, 0.25) is 0 Å². The highest BCUT2D eigenvalue weighted by Gasteiger charge is 2.32. The van der Waals surface area contributed by atoms with Crippen LogP contribution in [0.25, 0.3) is 0 Å². The van der Waals surface area contributed by atoms with Crippen LogP contribution in [0.1, 0.15) is 78.1 Å². The molecular formula is C33H65N15O8S. The number of carboxylic acids is 1. The van der Waals surface area contributed by atoms with Gasteiger partial charge in [-0.05, 0) is 91.1 Å². The molecule has 0 aromatic carbocycles. The molecule has 0 aliphatic rings. The molecule has 0 radical (unpaired) electrons. The summed E-state index contributed by atoms with van der Waals surface area (Å²) in [5.74, 6) is -6.29. The first-order valence-corrected chi connectivity index (χ1v) is 19.4. The van der Waals surface area contributed by atoms with Crippen LogP contribution in [0, 0.1) is 0 Å². The number of rotatable bonds is 30. The van der Waals surface area contributed by atoms with Gasteiger partial charge in [-0.1, -0.05) is 0 Å². The summed E-state index contributed by atoms with van der Waals surface area (Å²) < 4.78 is 0. The highest BCUT2D eigenvalue weighted by atomic mass is 32.1. The molecule has 0 saturated carbocycles. The Morgan fingerprint density at radius 3 is 1.16 bits per heavy atom. The molecule has 0 rings (SSSR count). The van der Waals surface area contributed by atoms with E-state index in [1.165, 1.54) is 13.8 Å². The molecule has 0 spiro atoms. The molecule has 6 amide bonds. The smallest absolute Gasteiger partial charge is 0.325 e. The van der Waals surface area contributed by atoms with Crippen LogP contribution in [0.3, 0.4) is 0 Å². The number of hydrogen-bond acceptors (Lipinski definition) is 13. The number of aliphatic imine (C=N–C) groups is 2. The van der Waals surface area contributed by atoms with Crippen LogP contribution in [-0.2, 0) is 33.6 Å². The van der Waals surface area contributed by atoms with Crippen molar-refractivity contribution in [1.82, 2.24) is 31.9 Å². The van der Waals surface area contributed by atoms with Crippen LogP contribution in [0.4, 0.5) is 0 Å². The van der Waals surface area contributed by atoms with Crippen molar-refractivity contribution in [2.24, 2.45) is 50.1 Å². The fourth-order valence-corrected chi connectivity index (χ4v) is 5.29. The molecule has 0 aliphatic carbocycles. The van der Waals surface area contributed by atoms with E-state index in [1.54, 1.807) is 0 Å². The zero-order chi connectivity index (χ0) is 43.5. The Bertz CT molecular complexity index is 1360. The van der Waals surface area contributed by atoms with E-state index in [9.17, 15) is 38.7 Å². The summed E-state index contributed by atoms with van der Waals surface area (Å²) in [6, 6.07) is -8.26. The Labute approximate surface area is 338 Å². The number of unbranched alkanes of at least 4 members (excludes halogenated alkanes) is 2. The maximum Gasteiger partial charge on any atom is 0.325 e. The SMILES string of the molecule is C[C@H](N)C(=O)N[C@@H](CCCCN)C(=O)N[C@@H](CS)C(=O)N[C@@H](CCCN=C(N)N)C(=O)N[C@@H](CCCCN)C(=O)N[C@@H](CCCN=C(N)N)C(=O)N[C@@H](C)C(=O)O. The van der Waals surface area contributed by atoms with Gasteiger partial charge in [0.15, 0.2) is 11.9 Å². The van der Waals surface area contributed by atoms with E-state index in [2.05, 4.69) is 54.5 Å². The number of carbonyl (C=O) groups is 7. The molecule has 7 atom stereocenters. The number of nitrogens with two attached hydrogens (primary N) is 7. The standard InChI is InChI=1S/C33H65N15O8S/c1-18(36)25(49)44-20(9-3-5-13-34)29(53)48-24(17-57)30(54)47-23(12-8-16-42-33(39)40)28(52)45-21(10-4-6-14-35)27(51)46-22(11-7-15-41-32(37)38)26(50)43-19(2)31(55)56/h18-24,57H,3-17,34-36H2,1-2H3,(H,43,50)(H,44,49)(H,45,52)(H,46,51)(H,47,54)(H,48,53)(H,55,56)(H4,37,38,41)(H4,39,40,42)/t18-,19-,20-,21-,22-,23-,24-/m0/s1. The molecule has 0 bridgehead atoms. The van der Waals surface area contributed by atoms with E-state index in [-0.39, 0.29) is 75.8 Å². The van der Waals surface area contributed by atoms with Crippen molar-refractivity contribution in [3.8, 4) is 0 Å². The highest BCUT2D eigenvalue weighted by molar-refractivity contribution is 7.80. The van der Waals surface area contributed by atoms with Gasteiger partial charge in [-0.15, -0.1) is 0 Å². The molecule has 21 N–H and O–H groups in total. The minimum atomic E-state index is -1.30. The number of carbonyl (C=O) groups excluding carboxylic acids is 6. The van der Waals surface area contributed by atoms with Crippen LogP contribution in [0.5, 0.6) is 0 Å². The number of nitrogens with zero attached hydrogens (tertiary/aromatic N) is 2. The summed E-state index contributed by atoms with van der Waals surface area (Å²) in [5.41, 5.74) is 38.5. The van der Waals surface area contributed by atoms with Crippen molar-refractivity contribution >= 4 is 66.0 Å². The second-order valence-corrected chi connectivity index (χ2v) is 13.7.